The number of nitrogen functional groups attached to an aromatic ring is 1. The normalized spacial score (nSPS) is 15.6. The summed E-state index contributed by atoms with van der Waals surface area (Å²) in [5.41, 5.74) is 8.28. The van der Waals surface area contributed by atoms with Gasteiger partial charge in [0.2, 0.25) is 0 Å². The van der Waals surface area contributed by atoms with E-state index in [1.807, 2.05) is 18.2 Å². The maximum absolute atomic E-state index is 10.0. The van der Waals surface area contributed by atoms with Crippen molar-refractivity contribution in [3.05, 3.63) is 30.3 Å². The van der Waals surface area contributed by atoms with E-state index in [4.69, 9.17) is 5.73 Å². The Bertz CT molecular complexity index is 671. The van der Waals surface area contributed by atoms with Crippen LogP contribution in [-0.4, -0.2) is 35.7 Å². The molecule has 5 nitrogen and oxygen atoms in total. The lowest BCUT2D eigenvalue weighted by Gasteiger charge is -2.33. The number of hydrogen-bond donors (Lipinski definition) is 2. The summed E-state index contributed by atoms with van der Waals surface area (Å²) in [5, 5.41) is 18.2. The van der Waals surface area contributed by atoms with E-state index in [0.717, 1.165) is 37.9 Å². The van der Waals surface area contributed by atoms with Crippen molar-refractivity contribution < 1.29 is 5.11 Å². The molecule has 0 bridgehead atoms. The van der Waals surface area contributed by atoms with Crippen LogP contribution in [0.5, 0.6) is 5.75 Å². The number of aromatic nitrogens is 2. The van der Waals surface area contributed by atoms with Crippen LogP contribution in [0.25, 0.3) is 11.3 Å². The Morgan fingerprint density at radius 3 is 2.70 bits per heavy atom. The number of phenols is 1. The molecule has 3 rings (SSSR count). The van der Waals surface area contributed by atoms with Crippen molar-refractivity contribution in [3.8, 4) is 17.0 Å². The van der Waals surface area contributed by atoms with Gasteiger partial charge < -0.3 is 15.7 Å². The number of anilines is 2. The molecule has 0 atom stereocenters. The average Bonchev–Trinajstić information content (AvgIpc) is 2.57. The minimum absolute atomic E-state index is 0.203. The first-order valence-corrected chi connectivity index (χ1v) is 8.19. The number of nitrogens with two attached hydrogens (primary N) is 1. The van der Waals surface area contributed by atoms with Gasteiger partial charge in [0.15, 0.2) is 5.82 Å². The Labute approximate surface area is 137 Å². The third kappa shape index (κ3) is 3.41. The molecule has 0 saturated carbocycles. The maximum Gasteiger partial charge on any atom is 0.169 e. The van der Waals surface area contributed by atoms with E-state index < -0.39 is 0 Å². The predicted octanol–water partition coefficient (Wildman–Crippen LogP) is 2.96. The smallest absolute Gasteiger partial charge is 0.169 e. The molecule has 1 radical (unpaired) electrons. The number of piperidine rings is 1. The van der Waals surface area contributed by atoms with Gasteiger partial charge in [0, 0.05) is 18.7 Å². The van der Waals surface area contributed by atoms with Crippen LogP contribution < -0.4 is 10.6 Å². The number of aromatic hydroxyl groups is 1. The second-order valence-corrected chi connectivity index (χ2v) is 5.99. The fraction of sp³-hybridized carbons (Fsp3) is 0.412. The van der Waals surface area contributed by atoms with E-state index in [2.05, 4.69) is 29.3 Å². The zero-order valence-electron chi connectivity index (χ0n) is 13.4. The highest BCUT2D eigenvalue weighted by atomic mass is 16.3. The zero-order valence-corrected chi connectivity index (χ0v) is 13.4. The molecule has 1 fully saturated rings. The van der Waals surface area contributed by atoms with Crippen LogP contribution in [0.4, 0.5) is 11.5 Å². The highest BCUT2D eigenvalue weighted by Crippen LogP contribution is 2.33. The van der Waals surface area contributed by atoms with Crippen LogP contribution in [0, 0.1) is 0 Å². The fourth-order valence-electron chi connectivity index (χ4n) is 3.18. The number of para-hydroxylation sites is 1. The minimum Gasteiger partial charge on any atom is -0.507 e. The molecule has 1 saturated heterocycles. The molecule has 1 aromatic carbocycles. The minimum atomic E-state index is 0.203. The SMILES string of the molecule is CC[B]C1CCN(c2cc(-c3ccccc3O)nnc2N)CC1. The molecule has 0 unspecified atom stereocenters. The third-order valence-corrected chi connectivity index (χ3v) is 4.43. The first-order valence-electron chi connectivity index (χ1n) is 8.19. The Balaban J connectivity index is 1.83. The Morgan fingerprint density at radius 2 is 2.00 bits per heavy atom. The highest BCUT2D eigenvalue weighted by molar-refractivity contribution is 6.37. The van der Waals surface area contributed by atoms with Gasteiger partial charge in [0.25, 0.3) is 0 Å². The first kappa shape index (κ1) is 15.7. The van der Waals surface area contributed by atoms with Crippen molar-refractivity contribution >= 4 is 18.8 Å². The van der Waals surface area contributed by atoms with Gasteiger partial charge in [-0.2, -0.15) is 0 Å². The molecule has 3 N–H and O–H groups in total. The summed E-state index contributed by atoms with van der Waals surface area (Å²) < 4.78 is 0. The van der Waals surface area contributed by atoms with E-state index in [0.29, 0.717) is 22.9 Å². The molecule has 2 heterocycles. The molecule has 1 aromatic heterocycles. The lowest BCUT2D eigenvalue weighted by atomic mass is 9.59. The molecular weight excluding hydrogens is 287 g/mol. The quantitative estimate of drug-likeness (QED) is 0.849. The third-order valence-electron chi connectivity index (χ3n) is 4.43. The van der Waals surface area contributed by atoms with Gasteiger partial charge in [0.05, 0.1) is 11.4 Å². The topological polar surface area (TPSA) is 75.3 Å². The molecule has 0 aliphatic carbocycles. The highest BCUT2D eigenvalue weighted by Gasteiger charge is 2.22. The molecule has 23 heavy (non-hydrogen) atoms. The van der Waals surface area contributed by atoms with Crippen molar-refractivity contribution in [3.63, 3.8) is 0 Å². The predicted molar refractivity (Wildman–Crippen MR) is 95.0 cm³/mol. The van der Waals surface area contributed by atoms with Crippen molar-refractivity contribution in [1.29, 1.82) is 0 Å². The van der Waals surface area contributed by atoms with E-state index >= 15 is 0 Å². The standard InChI is InChI=1S/C17H22BN4O/c1-2-18-12-7-9-22(10-8-12)15-11-14(20-21-17(15)19)13-5-3-4-6-16(13)23/h3-6,11-12,23H,2,7-10H2,1H3,(H2,19,21). The Kier molecular flexibility index (Phi) is 4.69. The van der Waals surface area contributed by atoms with E-state index in [1.165, 1.54) is 0 Å². The fourth-order valence-corrected chi connectivity index (χ4v) is 3.18. The zero-order chi connectivity index (χ0) is 16.2. The van der Waals surface area contributed by atoms with Crippen molar-refractivity contribution in [2.75, 3.05) is 23.7 Å². The molecule has 1 aliphatic heterocycles. The Hall–Kier alpha value is -2.24. The molecule has 6 heteroatoms. The van der Waals surface area contributed by atoms with Crippen LogP contribution in [0.15, 0.2) is 30.3 Å². The molecular formula is C17H22BN4O. The summed E-state index contributed by atoms with van der Waals surface area (Å²) in [7, 11) is 2.40. The first-order chi connectivity index (χ1) is 11.2. The van der Waals surface area contributed by atoms with Crippen molar-refractivity contribution in [2.45, 2.75) is 31.9 Å². The van der Waals surface area contributed by atoms with Gasteiger partial charge in [-0.15, -0.1) is 10.2 Å². The lowest BCUT2D eigenvalue weighted by Crippen LogP contribution is -2.34. The van der Waals surface area contributed by atoms with Crippen molar-refractivity contribution in [2.24, 2.45) is 0 Å². The second-order valence-electron chi connectivity index (χ2n) is 5.99. The second kappa shape index (κ2) is 6.90. The molecule has 2 aromatic rings. The van der Waals surface area contributed by atoms with Crippen molar-refractivity contribution in [1.82, 2.24) is 10.2 Å². The van der Waals surface area contributed by atoms with Gasteiger partial charge in [-0.25, -0.2) is 0 Å². The number of nitrogens with zero attached hydrogens (tertiary/aromatic N) is 3. The van der Waals surface area contributed by atoms with Crippen LogP contribution in [0.3, 0.4) is 0 Å². The summed E-state index contributed by atoms with van der Waals surface area (Å²) in [4.78, 5) is 2.27. The number of benzene rings is 1. The van der Waals surface area contributed by atoms with E-state index in [9.17, 15) is 5.11 Å². The number of rotatable bonds is 4. The van der Waals surface area contributed by atoms with Gasteiger partial charge in [0.1, 0.15) is 13.0 Å². The number of hydrogen-bond acceptors (Lipinski definition) is 5. The summed E-state index contributed by atoms with van der Waals surface area (Å²) in [6.07, 6.45) is 3.41. The molecule has 0 spiro atoms. The molecule has 1 aliphatic rings. The van der Waals surface area contributed by atoms with E-state index in [1.54, 1.807) is 12.1 Å². The summed E-state index contributed by atoms with van der Waals surface area (Å²) >= 11 is 0. The van der Waals surface area contributed by atoms with Gasteiger partial charge in [-0.05, 0) is 31.0 Å². The van der Waals surface area contributed by atoms with Crippen LogP contribution in [-0.2, 0) is 0 Å². The summed E-state index contributed by atoms with van der Waals surface area (Å²) in [5.74, 6) is 1.35. The molecule has 0 amide bonds. The van der Waals surface area contributed by atoms with Gasteiger partial charge in [-0.1, -0.05) is 31.2 Å². The van der Waals surface area contributed by atoms with Crippen LogP contribution in [0.1, 0.15) is 19.8 Å². The monoisotopic (exact) mass is 309 g/mol. The lowest BCUT2D eigenvalue weighted by molar-refractivity contribution is 0.477. The van der Waals surface area contributed by atoms with Gasteiger partial charge >= 0.3 is 0 Å². The molecule has 119 valence electrons. The maximum atomic E-state index is 10.0. The Morgan fingerprint density at radius 1 is 1.26 bits per heavy atom. The summed E-state index contributed by atoms with van der Waals surface area (Å²) in [6.45, 7) is 4.13. The van der Waals surface area contributed by atoms with Crippen LogP contribution >= 0.6 is 0 Å². The number of phenolic OH excluding ortho intramolecular Hbond substituents is 1. The average molecular weight is 309 g/mol. The largest absolute Gasteiger partial charge is 0.507 e. The summed E-state index contributed by atoms with van der Waals surface area (Å²) in [6, 6.07) is 9.08. The van der Waals surface area contributed by atoms with E-state index in [-0.39, 0.29) is 5.75 Å². The van der Waals surface area contributed by atoms with Crippen LogP contribution in [0.2, 0.25) is 12.1 Å². The van der Waals surface area contributed by atoms with Gasteiger partial charge in [-0.3, -0.25) is 0 Å².